The second kappa shape index (κ2) is 8.63. The number of nitrogens with zero attached hydrogens (tertiary/aromatic N) is 5. The van der Waals surface area contributed by atoms with E-state index < -0.39 is 0 Å². The molecule has 31 heavy (non-hydrogen) atoms. The van der Waals surface area contributed by atoms with Crippen molar-refractivity contribution in [2.75, 3.05) is 24.5 Å². The van der Waals surface area contributed by atoms with E-state index >= 15 is 0 Å². The minimum atomic E-state index is 0.563. The summed E-state index contributed by atoms with van der Waals surface area (Å²) in [6.45, 7) is 20.4. The van der Waals surface area contributed by atoms with Gasteiger partial charge in [-0.25, -0.2) is 16.5 Å². The monoisotopic (exact) mass is 479 g/mol. The summed E-state index contributed by atoms with van der Waals surface area (Å²) in [4.78, 5) is 15.9. The predicted octanol–water partition coefficient (Wildman–Crippen LogP) is 6.25. The Morgan fingerprint density at radius 3 is 2.52 bits per heavy atom. The third kappa shape index (κ3) is 3.96. The quantitative estimate of drug-likeness (QED) is 0.415. The molecule has 162 valence electrons. The lowest BCUT2D eigenvalue weighted by Crippen LogP contribution is -2.36. The lowest BCUT2D eigenvalue weighted by molar-refractivity contribution is 0.400. The smallest absolute Gasteiger partial charge is 0.215 e. The van der Waals surface area contributed by atoms with Crippen molar-refractivity contribution in [3.8, 4) is 5.69 Å². The Bertz CT molecular complexity index is 1160. The minimum Gasteiger partial charge on any atom is -0.356 e. The topological polar surface area (TPSA) is 38.3 Å². The average Bonchev–Trinajstić information content (AvgIpc) is 2.96. The van der Waals surface area contributed by atoms with Crippen LogP contribution in [0.5, 0.6) is 0 Å². The molecular formula is C25H30BrN5. The zero-order valence-electron chi connectivity index (χ0n) is 19.1. The van der Waals surface area contributed by atoms with Gasteiger partial charge in [0.05, 0.1) is 11.1 Å². The Hall–Kier alpha value is -2.39. The third-order valence-corrected chi connectivity index (χ3v) is 7.05. The van der Waals surface area contributed by atoms with Gasteiger partial charge in [0.1, 0.15) is 11.6 Å². The number of hydrogen-bond donors (Lipinski definition) is 0. The molecule has 1 aromatic carbocycles. The fourth-order valence-electron chi connectivity index (χ4n) is 5.05. The van der Waals surface area contributed by atoms with E-state index in [2.05, 4.69) is 70.1 Å². The van der Waals surface area contributed by atoms with Crippen LogP contribution in [0.1, 0.15) is 47.5 Å². The van der Waals surface area contributed by atoms with Crippen molar-refractivity contribution in [1.29, 1.82) is 0 Å². The van der Waals surface area contributed by atoms with Gasteiger partial charge >= 0.3 is 0 Å². The summed E-state index contributed by atoms with van der Waals surface area (Å²) >= 11 is 3.63. The second-order valence-corrected chi connectivity index (χ2v) is 9.77. The Morgan fingerprint density at radius 1 is 1.13 bits per heavy atom. The van der Waals surface area contributed by atoms with Crippen molar-refractivity contribution in [3.63, 3.8) is 0 Å². The standard InChI is InChI=1S/C25H30BrN5/c1-15-12-21(26)13-16(2)23(15)31-18(4)17(3)22-24(28-19(5)29-25(22)31)30-11-7-8-20(14-30)9-10-27-6/h12-13,20H,7-11,14H2,1-5H3. The van der Waals surface area contributed by atoms with E-state index in [0.717, 1.165) is 53.1 Å². The number of aromatic nitrogens is 3. The molecule has 1 aliphatic rings. The van der Waals surface area contributed by atoms with Crippen molar-refractivity contribution in [3.05, 3.63) is 56.2 Å². The zero-order valence-corrected chi connectivity index (χ0v) is 20.7. The van der Waals surface area contributed by atoms with Crippen molar-refractivity contribution < 1.29 is 0 Å². The van der Waals surface area contributed by atoms with E-state index in [-0.39, 0.29) is 0 Å². The van der Waals surface area contributed by atoms with Crippen molar-refractivity contribution in [1.82, 2.24) is 14.5 Å². The molecule has 5 nitrogen and oxygen atoms in total. The van der Waals surface area contributed by atoms with Crippen molar-refractivity contribution >= 4 is 32.8 Å². The van der Waals surface area contributed by atoms with E-state index in [9.17, 15) is 0 Å². The van der Waals surface area contributed by atoms with E-state index in [1.807, 2.05) is 6.92 Å². The molecule has 0 radical (unpaired) electrons. The summed E-state index contributed by atoms with van der Waals surface area (Å²) in [5, 5.41) is 1.16. The van der Waals surface area contributed by atoms with Crippen LogP contribution in [0.2, 0.25) is 0 Å². The number of piperidine rings is 1. The molecule has 1 aliphatic heterocycles. The maximum absolute atomic E-state index is 7.14. The van der Waals surface area contributed by atoms with Gasteiger partial charge in [-0.2, -0.15) is 0 Å². The Balaban J connectivity index is 1.90. The Kier molecular flexibility index (Phi) is 6.07. The number of hydrogen-bond acceptors (Lipinski definition) is 3. The highest BCUT2D eigenvalue weighted by Crippen LogP contribution is 2.37. The van der Waals surface area contributed by atoms with Gasteiger partial charge in [-0.15, -0.1) is 0 Å². The van der Waals surface area contributed by atoms with E-state index in [1.165, 1.54) is 34.5 Å². The highest BCUT2D eigenvalue weighted by molar-refractivity contribution is 9.10. The first-order chi connectivity index (χ1) is 14.8. The Labute approximate surface area is 193 Å². The normalized spacial score (nSPS) is 16.7. The van der Waals surface area contributed by atoms with Crippen LogP contribution >= 0.6 is 15.9 Å². The molecular weight excluding hydrogens is 450 g/mol. The van der Waals surface area contributed by atoms with Gasteiger partial charge in [-0.05, 0) is 82.2 Å². The first-order valence-corrected chi connectivity index (χ1v) is 11.8. The van der Waals surface area contributed by atoms with Crippen molar-refractivity contribution in [2.24, 2.45) is 5.92 Å². The number of halogens is 1. The van der Waals surface area contributed by atoms with Gasteiger partial charge in [0, 0.05) is 29.7 Å². The number of fused-ring (bicyclic) bond motifs is 1. The van der Waals surface area contributed by atoms with Crippen LogP contribution < -0.4 is 4.90 Å². The molecule has 3 aromatic rings. The third-order valence-electron chi connectivity index (χ3n) is 6.59. The van der Waals surface area contributed by atoms with E-state index in [1.54, 1.807) is 0 Å². The van der Waals surface area contributed by atoms with Crippen LogP contribution in [0.15, 0.2) is 16.6 Å². The largest absolute Gasteiger partial charge is 0.356 e. The SMILES string of the molecule is [C-]#[N+]CCC1CCCN(c2nc(C)nc3c2c(C)c(C)n3-c2c(C)cc(Br)cc2C)C1. The molecule has 1 saturated heterocycles. The maximum Gasteiger partial charge on any atom is 0.215 e. The first-order valence-electron chi connectivity index (χ1n) is 11.0. The average molecular weight is 480 g/mol. The summed E-state index contributed by atoms with van der Waals surface area (Å²) < 4.78 is 3.42. The fraction of sp³-hybridized carbons (Fsp3) is 0.480. The van der Waals surface area contributed by atoms with Gasteiger partial charge in [0.15, 0.2) is 5.65 Å². The second-order valence-electron chi connectivity index (χ2n) is 8.85. The van der Waals surface area contributed by atoms with Gasteiger partial charge in [-0.1, -0.05) is 15.9 Å². The molecule has 0 N–H and O–H groups in total. The maximum atomic E-state index is 7.14. The van der Waals surface area contributed by atoms with Gasteiger partial charge in [-0.3, -0.25) is 4.57 Å². The molecule has 1 fully saturated rings. The summed E-state index contributed by atoms with van der Waals surface area (Å²) in [7, 11) is 0. The van der Waals surface area contributed by atoms with Crippen LogP contribution in [-0.2, 0) is 0 Å². The molecule has 0 amide bonds. The summed E-state index contributed by atoms with van der Waals surface area (Å²) in [6.07, 6.45) is 3.33. The molecule has 0 aliphatic carbocycles. The molecule has 6 heteroatoms. The number of rotatable bonds is 4. The predicted molar refractivity (Wildman–Crippen MR) is 131 cm³/mol. The minimum absolute atomic E-state index is 0.563. The number of benzene rings is 1. The van der Waals surface area contributed by atoms with Gasteiger partial charge < -0.3 is 9.74 Å². The molecule has 2 aromatic heterocycles. The lowest BCUT2D eigenvalue weighted by Gasteiger charge is -2.33. The van der Waals surface area contributed by atoms with Gasteiger partial charge in [0.2, 0.25) is 6.54 Å². The van der Waals surface area contributed by atoms with Gasteiger partial charge in [0.25, 0.3) is 0 Å². The van der Waals surface area contributed by atoms with E-state index in [0.29, 0.717) is 12.5 Å². The van der Waals surface area contributed by atoms with E-state index in [4.69, 9.17) is 16.5 Å². The van der Waals surface area contributed by atoms with Crippen molar-refractivity contribution in [2.45, 2.75) is 53.9 Å². The Morgan fingerprint density at radius 2 is 1.84 bits per heavy atom. The molecule has 0 bridgehead atoms. The molecule has 1 unspecified atom stereocenters. The molecule has 4 rings (SSSR count). The first kappa shape index (κ1) is 21.8. The zero-order chi connectivity index (χ0) is 22.3. The highest BCUT2D eigenvalue weighted by Gasteiger charge is 2.27. The summed E-state index contributed by atoms with van der Waals surface area (Å²) in [6, 6.07) is 4.34. The van der Waals surface area contributed by atoms with Crippen LogP contribution in [0.3, 0.4) is 0 Å². The highest BCUT2D eigenvalue weighted by atomic mass is 79.9. The number of aryl methyl sites for hydroxylation is 4. The summed E-state index contributed by atoms with van der Waals surface area (Å²) in [5.41, 5.74) is 7.11. The fourth-order valence-corrected chi connectivity index (χ4v) is 5.73. The van der Waals surface area contributed by atoms with Crippen LogP contribution in [0.25, 0.3) is 21.6 Å². The van der Waals surface area contributed by atoms with Crippen LogP contribution in [-0.4, -0.2) is 34.2 Å². The lowest BCUT2D eigenvalue weighted by atomic mass is 9.94. The van der Waals surface area contributed by atoms with Crippen LogP contribution in [0, 0.1) is 47.1 Å². The molecule has 1 atom stereocenters. The molecule has 0 saturated carbocycles. The van der Waals surface area contributed by atoms with Crippen LogP contribution in [0.4, 0.5) is 5.82 Å². The molecule has 0 spiro atoms. The summed E-state index contributed by atoms with van der Waals surface area (Å²) in [5.74, 6) is 2.42. The number of anilines is 1. The molecule has 3 heterocycles.